The van der Waals surface area contributed by atoms with Crippen LogP contribution in [0, 0.1) is 0 Å². The van der Waals surface area contributed by atoms with E-state index in [0.717, 1.165) is 0 Å². The first-order valence-electron chi connectivity index (χ1n) is 7.93. The Balaban J connectivity index is 1.76. The van der Waals surface area contributed by atoms with E-state index in [1.807, 2.05) is 0 Å². The third-order valence-corrected chi connectivity index (χ3v) is 4.39. The van der Waals surface area contributed by atoms with Crippen LogP contribution in [-0.2, 0) is 15.2 Å². The van der Waals surface area contributed by atoms with Crippen LogP contribution < -0.4 is 9.64 Å². The number of ketones is 1. The molecule has 1 aliphatic heterocycles. The zero-order chi connectivity index (χ0) is 18.0. The summed E-state index contributed by atoms with van der Waals surface area (Å²) in [5.41, 5.74) is -0.736. The molecule has 0 unspecified atom stereocenters. The lowest BCUT2D eigenvalue weighted by molar-refractivity contribution is -0.141. The molecule has 1 atom stereocenters. The monoisotopic (exact) mass is 359 g/mol. The first-order chi connectivity index (χ1) is 11.9. The van der Waals surface area contributed by atoms with E-state index in [4.69, 9.17) is 16.3 Å². The average Bonchev–Trinajstić information content (AvgIpc) is 2.78. The summed E-state index contributed by atoms with van der Waals surface area (Å²) in [6.07, 6.45) is -0.239. The first-order valence-corrected chi connectivity index (χ1v) is 8.31. The van der Waals surface area contributed by atoms with Gasteiger partial charge >= 0.3 is 0 Å². The van der Waals surface area contributed by atoms with Crippen molar-refractivity contribution in [2.45, 2.75) is 18.9 Å². The SMILES string of the molecule is CC(=O)C[C@]1(O)C(=O)N(CCOc2ccc(Cl)cc2)c2ccccc21. The smallest absolute Gasteiger partial charge is 0.264 e. The van der Waals surface area contributed by atoms with Gasteiger partial charge in [-0.3, -0.25) is 9.59 Å². The molecule has 0 radical (unpaired) electrons. The van der Waals surface area contributed by atoms with Crippen LogP contribution in [0.4, 0.5) is 5.69 Å². The van der Waals surface area contributed by atoms with E-state index < -0.39 is 11.5 Å². The molecule has 130 valence electrons. The van der Waals surface area contributed by atoms with Crippen molar-refractivity contribution in [2.24, 2.45) is 0 Å². The number of anilines is 1. The van der Waals surface area contributed by atoms with Gasteiger partial charge in [0.25, 0.3) is 5.91 Å². The molecular formula is C19H18ClNO4. The summed E-state index contributed by atoms with van der Waals surface area (Å²) >= 11 is 5.83. The number of Topliss-reactive ketones (excluding diaryl/α,β-unsaturated/α-hetero) is 1. The van der Waals surface area contributed by atoms with Crippen molar-refractivity contribution in [3.8, 4) is 5.75 Å². The molecule has 1 heterocycles. The van der Waals surface area contributed by atoms with Gasteiger partial charge in [-0.05, 0) is 37.3 Å². The van der Waals surface area contributed by atoms with Gasteiger partial charge in [0, 0.05) is 17.0 Å². The molecular weight excluding hydrogens is 342 g/mol. The number of fused-ring (bicyclic) bond motifs is 1. The van der Waals surface area contributed by atoms with E-state index in [1.165, 1.54) is 11.8 Å². The fourth-order valence-electron chi connectivity index (χ4n) is 3.05. The highest BCUT2D eigenvalue weighted by Gasteiger charge is 2.50. The van der Waals surface area contributed by atoms with Gasteiger partial charge < -0.3 is 14.7 Å². The minimum absolute atomic E-state index is 0.239. The number of para-hydroxylation sites is 1. The quantitative estimate of drug-likeness (QED) is 0.861. The maximum absolute atomic E-state index is 12.8. The molecule has 1 amide bonds. The molecule has 3 rings (SSSR count). The van der Waals surface area contributed by atoms with Gasteiger partial charge in [0.15, 0.2) is 5.60 Å². The Morgan fingerprint density at radius 3 is 2.56 bits per heavy atom. The van der Waals surface area contributed by atoms with Gasteiger partial charge in [-0.15, -0.1) is 0 Å². The van der Waals surface area contributed by atoms with Gasteiger partial charge in [0.05, 0.1) is 12.2 Å². The van der Waals surface area contributed by atoms with Gasteiger partial charge in [-0.2, -0.15) is 0 Å². The van der Waals surface area contributed by atoms with Crippen molar-refractivity contribution in [2.75, 3.05) is 18.1 Å². The topological polar surface area (TPSA) is 66.8 Å². The van der Waals surface area contributed by atoms with Crippen LogP contribution in [0.2, 0.25) is 5.02 Å². The number of carbonyl (C=O) groups excluding carboxylic acids is 2. The number of hydrogen-bond acceptors (Lipinski definition) is 4. The third kappa shape index (κ3) is 3.38. The number of benzene rings is 2. The number of nitrogens with zero attached hydrogens (tertiary/aromatic N) is 1. The summed E-state index contributed by atoms with van der Waals surface area (Å²) in [6, 6.07) is 13.9. The van der Waals surface area contributed by atoms with Crippen LogP contribution in [-0.4, -0.2) is 29.9 Å². The van der Waals surface area contributed by atoms with Gasteiger partial charge in [-0.25, -0.2) is 0 Å². The van der Waals surface area contributed by atoms with Crippen LogP contribution in [0.3, 0.4) is 0 Å². The number of halogens is 1. The molecule has 1 N–H and O–H groups in total. The maximum atomic E-state index is 12.8. The molecule has 0 spiro atoms. The van der Waals surface area contributed by atoms with E-state index in [2.05, 4.69) is 0 Å². The summed E-state index contributed by atoms with van der Waals surface area (Å²) < 4.78 is 5.63. The van der Waals surface area contributed by atoms with Crippen molar-refractivity contribution in [3.63, 3.8) is 0 Å². The van der Waals surface area contributed by atoms with Crippen LogP contribution >= 0.6 is 11.6 Å². The maximum Gasteiger partial charge on any atom is 0.264 e. The molecule has 0 fully saturated rings. The molecule has 2 aromatic rings. The number of ether oxygens (including phenoxy) is 1. The Kier molecular flexibility index (Phi) is 4.79. The number of amides is 1. The Morgan fingerprint density at radius 2 is 1.88 bits per heavy atom. The lowest BCUT2D eigenvalue weighted by Gasteiger charge is -2.22. The highest BCUT2D eigenvalue weighted by atomic mass is 35.5. The highest BCUT2D eigenvalue weighted by molar-refractivity contribution is 6.30. The first kappa shape index (κ1) is 17.5. The second kappa shape index (κ2) is 6.86. The Bertz CT molecular complexity index is 805. The minimum atomic E-state index is -1.80. The van der Waals surface area contributed by atoms with Gasteiger partial charge in [0.1, 0.15) is 18.1 Å². The van der Waals surface area contributed by atoms with Crippen LogP contribution in [0.5, 0.6) is 5.75 Å². The van der Waals surface area contributed by atoms with E-state index in [0.29, 0.717) is 22.0 Å². The summed E-state index contributed by atoms with van der Waals surface area (Å²) in [7, 11) is 0. The molecule has 25 heavy (non-hydrogen) atoms. The molecule has 0 aromatic heterocycles. The molecule has 6 heteroatoms. The van der Waals surface area contributed by atoms with E-state index in [1.54, 1.807) is 48.5 Å². The number of rotatable bonds is 6. The normalized spacial score (nSPS) is 19.0. The molecule has 2 aromatic carbocycles. The Morgan fingerprint density at radius 1 is 1.20 bits per heavy atom. The van der Waals surface area contributed by atoms with E-state index in [9.17, 15) is 14.7 Å². The molecule has 0 saturated heterocycles. The second-order valence-corrected chi connectivity index (χ2v) is 6.45. The highest BCUT2D eigenvalue weighted by Crippen LogP contribution is 2.42. The minimum Gasteiger partial charge on any atom is -0.492 e. The van der Waals surface area contributed by atoms with Crippen LogP contribution in [0.25, 0.3) is 0 Å². The third-order valence-electron chi connectivity index (χ3n) is 4.14. The number of aliphatic hydroxyl groups is 1. The van der Waals surface area contributed by atoms with Crippen molar-refractivity contribution in [1.82, 2.24) is 0 Å². The molecule has 0 bridgehead atoms. The van der Waals surface area contributed by atoms with Gasteiger partial charge in [0.2, 0.25) is 0 Å². The fraction of sp³-hybridized carbons (Fsp3) is 0.263. The summed E-state index contributed by atoms with van der Waals surface area (Å²) in [5, 5.41) is 11.4. The lowest BCUT2D eigenvalue weighted by atomic mass is 9.90. The van der Waals surface area contributed by atoms with Crippen molar-refractivity contribution in [1.29, 1.82) is 0 Å². The zero-order valence-electron chi connectivity index (χ0n) is 13.7. The predicted molar refractivity (Wildman–Crippen MR) is 94.9 cm³/mol. The molecule has 0 aliphatic carbocycles. The largest absolute Gasteiger partial charge is 0.492 e. The number of hydrogen-bond donors (Lipinski definition) is 1. The fourth-order valence-corrected chi connectivity index (χ4v) is 3.17. The van der Waals surface area contributed by atoms with Gasteiger partial charge in [-0.1, -0.05) is 29.8 Å². The Labute approximate surface area is 150 Å². The van der Waals surface area contributed by atoms with Crippen molar-refractivity contribution >= 4 is 29.0 Å². The number of carbonyl (C=O) groups is 2. The van der Waals surface area contributed by atoms with Crippen LogP contribution in [0.1, 0.15) is 18.9 Å². The summed E-state index contributed by atoms with van der Waals surface area (Å²) in [5.74, 6) is -0.100. The zero-order valence-corrected chi connectivity index (χ0v) is 14.5. The summed E-state index contributed by atoms with van der Waals surface area (Å²) in [4.78, 5) is 25.8. The second-order valence-electron chi connectivity index (χ2n) is 6.02. The summed E-state index contributed by atoms with van der Waals surface area (Å²) in [6.45, 7) is 1.87. The van der Waals surface area contributed by atoms with Crippen molar-refractivity contribution < 1.29 is 19.4 Å². The standard InChI is InChI=1S/C19H18ClNO4/c1-13(22)12-19(24)16-4-2-3-5-17(16)21(18(19)23)10-11-25-15-8-6-14(20)7-9-15/h2-9,24H,10-12H2,1H3/t19-/m1/s1. The molecule has 5 nitrogen and oxygen atoms in total. The molecule has 1 aliphatic rings. The lowest BCUT2D eigenvalue weighted by Crippen LogP contribution is -2.43. The average molecular weight is 360 g/mol. The van der Waals surface area contributed by atoms with E-state index in [-0.39, 0.29) is 25.4 Å². The predicted octanol–water partition coefficient (Wildman–Crippen LogP) is 2.93. The Hall–Kier alpha value is -2.37. The van der Waals surface area contributed by atoms with Crippen molar-refractivity contribution in [3.05, 3.63) is 59.1 Å². The van der Waals surface area contributed by atoms with Crippen LogP contribution in [0.15, 0.2) is 48.5 Å². The molecule has 0 saturated carbocycles. The van der Waals surface area contributed by atoms with E-state index >= 15 is 0 Å².